The number of likely N-dealkylation sites (tertiary alicyclic amines) is 1. The Balaban J connectivity index is 1.36. The molecule has 2 fully saturated rings. The van der Waals surface area contributed by atoms with Gasteiger partial charge in [-0.05, 0) is 41.9 Å². The molecule has 0 amide bonds. The summed E-state index contributed by atoms with van der Waals surface area (Å²) in [5, 5.41) is 0. The fourth-order valence-electron chi connectivity index (χ4n) is 3.93. The molecule has 1 aromatic carbocycles. The van der Waals surface area contributed by atoms with E-state index in [1.807, 2.05) is 6.20 Å². The van der Waals surface area contributed by atoms with Crippen LogP contribution in [0.2, 0.25) is 0 Å². The van der Waals surface area contributed by atoms with Gasteiger partial charge in [0.15, 0.2) is 0 Å². The molecule has 1 aliphatic carbocycles. The van der Waals surface area contributed by atoms with Crippen LogP contribution in [0, 0.1) is 0 Å². The average Bonchev–Trinajstić information content (AvgIpc) is 3.41. The third-order valence-corrected chi connectivity index (χ3v) is 5.98. The molecule has 1 aliphatic heterocycles. The maximum atomic E-state index is 4.82. The third kappa shape index (κ3) is 4.32. The van der Waals surface area contributed by atoms with E-state index in [0.29, 0.717) is 12.0 Å². The molecule has 2 aromatic rings. The highest BCUT2D eigenvalue weighted by Gasteiger charge is 2.29. The van der Waals surface area contributed by atoms with Crippen LogP contribution in [0.15, 0.2) is 36.5 Å². The number of nitrogens with zero attached hydrogens (tertiary/aromatic N) is 4. The van der Waals surface area contributed by atoms with Crippen molar-refractivity contribution < 1.29 is 0 Å². The van der Waals surface area contributed by atoms with Gasteiger partial charge in [0.05, 0.1) is 0 Å². The van der Waals surface area contributed by atoms with Crippen LogP contribution in [0.1, 0.15) is 62.9 Å². The van der Waals surface area contributed by atoms with E-state index in [-0.39, 0.29) is 5.41 Å². The van der Waals surface area contributed by atoms with Crippen LogP contribution in [0.25, 0.3) is 0 Å². The van der Waals surface area contributed by atoms with Crippen molar-refractivity contribution in [3.63, 3.8) is 0 Å². The summed E-state index contributed by atoms with van der Waals surface area (Å²) in [5.41, 5.74) is 3.03. The Morgan fingerprint density at radius 1 is 1.07 bits per heavy atom. The van der Waals surface area contributed by atoms with Crippen molar-refractivity contribution in [2.24, 2.45) is 0 Å². The van der Waals surface area contributed by atoms with Crippen LogP contribution < -0.4 is 4.90 Å². The maximum absolute atomic E-state index is 4.82. The fraction of sp³-hybridized carbons (Fsp3) is 0.565. The van der Waals surface area contributed by atoms with Crippen LogP contribution in [0.4, 0.5) is 5.82 Å². The van der Waals surface area contributed by atoms with Crippen molar-refractivity contribution in [3.8, 4) is 0 Å². The predicted molar refractivity (Wildman–Crippen MR) is 111 cm³/mol. The molecule has 1 aromatic heterocycles. The highest BCUT2D eigenvalue weighted by atomic mass is 15.3. The van der Waals surface area contributed by atoms with Gasteiger partial charge in [0.1, 0.15) is 11.6 Å². The summed E-state index contributed by atoms with van der Waals surface area (Å²) < 4.78 is 0. The van der Waals surface area contributed by atoms with E-state index < -0.39 is 0 Å². The number of benzene rings is 1. The molecule has 0 bridgehead atoms. The molecule has 1 saturated carbocycles. The lowest BCUT2D eigenvalue weighted by Gasteiger charge is -2.26. The summed E-state index contributed by atoms with van der Waals surface area (Å²) in [5.74, 6) is 2.72. The first kappa shape index (κ1) is 18.4. The topological polar surface area (TPSA) is 32.3 Å². The van der Waals surface area contributed by atoms with E-state index >= 15 is 0 Å². The zero-order chi connectivity index (χ0) is 19.0. The molecule has 4 nitrogen and oxygen atoms in total. The summed E-state index contributed by atoms with van der Waals surface area (Å²) in [6.07, 6.45) is 5.62. The van der Waals surface area contributed by atoms with Crippen LogP contribution >= 0.6 is 0 Å². The number of hydrogen-bond acceptors (Lipinski definition) is 4. The molecule has 4 heteroatoms. The van der Waals surface area contributed by atoms with E-state index in [0.717, 1.165) is 31.3 Å². The molecule has 0 radical (unpaired) electrons. The molecule has 1 unspecified atom stereocenters. The van der Waals surface area contributed by atoms with Gasteiger partial charge in [-0.2, -0.15) is 0 Å². The lowest BCUT2D eigenvalue weighted by atomic mass is 9.87. The predicted octanol–water partition coefficient (Wildman–Crippen LogP) is 4.36. The van der Waals surface area contributed by atoms with E-state index in [2.05, 4.69) is 72.9 Å². The highest BCUT2D eigenvalue weighted by Crippen LogP contribution is 2.38. The van der Waals surface area contributed by atoms with Crippen molar-refractivity contribution >= 4 is 5.82 Å². The Hall–Kier alpha value is -1.94. The lowest BCUT2D eigenvalue weighted by molar-refractivity contribution is 0.325. The van der Waals surface area contributed by atoms with Gasteiger partial charge in [0, 0.05) is 44.8 Å². The van der Waals surface area contributed by atoms with E-state index in [9.17, 15) is 0 Å². The first-order chi connectivity index (χ1) is 12.9. The minimum Gasteiger partial charge on any atom is -0.355 e. The van der Waals surface area contributed by atoms with Crippen LogP contribution in [0.5, 0.6) is 0 Å². The van der Waals surface area contributed by atoms with Crippen molar-refractivity contribution in [3.05, 3.63) is 53.5 Å². The lowest BCUT2D eigenvalue weighted by Crippen LogP contribution is -2.35. The van der Waals surface area contributed by atoms with Crippen molar-refractivity contribution in [1.82, 2.24) is 14.9 Å². The van der Waals surface area contributed by atoms with Gasteiger partial charge < -0.3 is 4.90 Å². The van der Waals surface area contributed by atoms with Crippen LogP contribution in [0.3, 0.4) is 0 Å². The van der Waals surface area contributed by atoms with Crippen molar-refractivity contribution in [1.29, 1.82) is 0 Å². The van der Waals surface area contributed by atoms with Crippen molar-refractivity contribution in [2.45, 2.75) is 64.0 Å². The maximum Gasteiger partial charge on any atom is 0.133 e. The second-order valence-corrected chi connectivity index (χ2v) is 9.28. The van der Waals surface area contributed by atoms with Gasteiger partial charge in [0.2, 0.25) is 0 Å². The fourth-order valence-corrected chi connectivity index (χ4v) is 3.93. The number of hydrogen-bond donors (Lipinski definition) is 0. The molecule has 1 atom stereocenters. The zero-order valence-electron chi connectivity index (χ0n) is 17.2. The van der Waals surface area contributed by atoms with Crippen molar-refractivity contribution in [2.75, 3.05) is 25.0 Å². The Morgan fingerprint density at radius 3 is 2.48 bits per heavy atom. The normalized spacial score (nSPS) is 20.8. The summed E-state index contributed by atoms with van der Waals surface area (Å²) in [4.78, 5) is 14.2. The molecular formula is C23H32N4. The summed E-state index contributed by atoms with van der Waals surface area (Å²) in [6.45, 7) is 10.1. The smallest absolute Gasteiger partial charge is 0.133 e. The van der Waals surface area contributed by atoms with E-state index in [1.54, 1.807) is 0 Å². The van der Waals surface area contributed by atoms with Gasteiger partial charge in [-0.15, -0.1) is 0 Å². The molecule has 2 heterocycles. The second kappa shape index (κ2) is 7.23. The summed E-state index contributed by atoms with van der Waals surface area (Å²) in [6, 6.07) is 11.7. The summed E-state index contributed by atoms with van der Waals surface area (Å²) >= 11 is 0. The quantitative estimate of drug-likeness (QED) is 0.789. The highest BCUT2D eigenvalue weighted by molar-refractivity contribution is 5.39. The first-order valence-corrected chi connectivity index (χ1v) is 10.3. The zero-order valence-corrected chi connectivity index (χ0v) is 17.2. The average molecular weight is 365 g/mol. The monoisotopic (exact) mass is 364 g/mol. The van der Waals surface area contributed by atoms with E-state index in [4.69, 9.17) is 4.98 Å². The third-order valence-electron chi connectivity index (χ3n) is 5.98. The molecule has 2 aliphatic rings. The second-order valence-electron chi connectivity index (χ2n) is 9.28. The first-order valence-electron chi connectivity index (χ1n) is 10.3. The van der Waals surface area contributed by atoms with Gasteiger partial charge in [-0.25, -0.2) is 9.97 Å². The molecule has 0 spiro atoms. The minimum atomic E-state index is 0.219. The number of anilines is 1. The number of aromatic nitrogens is 2. The summed E-state index contributed by atoms with van der Waals surface area (Å²) in [7, 11) is 2.19. The molecule has 1 saturated heterocycles. The number of rotatable bonds is 5. The van der Waals surface area contributed by atoms with Gasteiger partial charge in [-0.3, -0.25) is 4.90 Å². The SMILES string of the molecule is CN(c1ccnc(C2CC2)n1)C1CCN(Cc2ccc(C(C)(C)C)cc2)C1. The van der Waals surface area contributed by atoms with Gasteiger partial charge in [0.25, 0.3) is 0 Å². The Bertz CT molecular complexity index is 774. The Kier molecular flexibility index (Phi) is 4.94. The largest absolute Gasteiger partial charge is 0.355 e. The number of likely N-dealkylation sites (N-methyl/N-ethyl adjacent to an activating group) is 1. The molecule has 144 valence electrons. The Morgan fingerprint density at radius 2 is 1.81 bits per heavy atom. The van der Waals surface area contributed by atoms with E-state index in [1.165, 1.54) is 30.4 Å². The van der Waals surface area contributed by atoms with Crippen LogP contribution in [-0.4, -0.2) is 41.0 Å². The molecular weight excluding hydrogens is 332 g/mol. The van der Waals surface area contributed by atoms with Crippen LogP contribution in [-0.2, 0) is 12.0 Å². The molecule has 4 rings (SSSR count). The molecule has 0 N–H and O–H groups in total. The minimum absolute atomic E-state index is 0.219. The van der Waals surface area contributed by atoms with Gasteiger partial charge in [-0.1, -0.05) is 45.0 Å². The standard InChI is InChI=1S/C23H32N4/c1-23(2,3)19-9-5-17(6-10-19)15-27-14-12-20(16-27)26(4)21-11-13-24-22(25-21)18-7-8-18/h5-6,9-11,13,18,20H,7-8,12,14-16H2,1-4H3. The molecule has 27 heavy (non-hydrogen) atoms. The van der Waals surface area contributed by atoms with Gasteiger partial charge >= 0.3 is 0 Å². The Labute approximate surface area is 163 Å².